The molecular formula is C20H15FN4O2S. The topological polar surface area (TPSA) is 86.9 Å². The van der Waals surface area contributed by atoms with E-state index in [1.165, 1.54) is 23.5 Å². The normalized spacial score (nSPS) is 10.8. The molecule has 0 radical (unpaired) electrons. The number of aromatic nitrogens is 2. The average molecular weight is 394 g/mol. The molecule has 0 spiro atoms. The fraction of sp³-hybridized carbons (Fsp3) is 0.0500. The molecule has 0 fully saturated rings. The third-order valence-electron chi connectivity index (χ3n) is 4.02. The number of halogens is 1. The number of rotatable bonds is 5. The summed E-state index contributed by atoms with van der Waals surface area (Å²) in [5, 5.41) is 7.11. The fourth-order valence-electron chi connectivity index (χ4n) is 2.72. The van der Waals surface area contributed by atoms with Crippen molar-refractivity contribution in [3.8, 4) is 11.4 Å². The van der Waals surface area contributed by atoms with Gasteiger partial charge in [-0.25, -0.2) is 9.37 Å². The molecule has 140 valence electrons. The second-order valence-electron chi connectivity index (χ2n) is 6.04. The van der Waals surface area contributed by atoms with Crippen molar-refractivity contribution < 1.29 is 14.0 Å². The monoisotopic (exact) mass is 394 g/mol. The predicted octanol–water partition coefficient (Wildman–Crippen LogP) is 3.80. The van der Waals surface area contributed by atoms with E-state index in [0.717, 1.165) is 0 Å². The number of nitrogens with one attached hydrogen (secondary N) is 3. The lowest BCUT2D eigenvalue weighted by Crippen LogP contribution is -2.32. The predicted molar refractivity (Wildman–Crippen MR) is 107 cm³/mol. The number of hydrogen-bond acceptors (Lipinski definition) is 4. The van der Waals surface area contributed by atoms with E-state index >= 15 is 0 Å². The molecule has 2 heterocycles. The van der Waals surface area contributed by atoms with Gasteiger partial charge in [0.05, 0.1) is 22.5 Å². The van der Waals surface area contributed by atoms with Crippen molar-refractivity contribution in [3.05, 3.63) is 70.7 Å². The van der Waals surface area contributed by atoms with Crippen molar-refractivity contribution in [2.24, 2.45) is 0 Å². The first kappa shape index (κ1) is 17.9. The molecule has 0 saturated heterocycles. The van der Waals surface area contributed by atoms with Crippen molar-refractivity contribution in [3.63, 3.8) is 0 Å². The first-order chi connectivity index (χ1) is 13.6. The van der Waals surface area contributed by atoms with Gasteiger partial charge in [-0.15, -0.1) is 11.3 Å². The molecule has 0 atom stereocenters. The zero-order valence-corrected chi connectivity index (χ0v) is 15.3. The van der Waals surface area contributed by atoms with Crippen molar-refractivity contribution in [1.82, 2.24) is 15.3 Å². The molecule has 3 N–H and O–H groups in total. The Hall–Kier alpha value is -3.52. The van der Waals surface area contributed by atoms with E-state index < -0.39 is 0 Å². The maximum absolute atomic E-state index is 13.4. The van der Waals surface area contributed by atoms with Crippen molar-refractivity contribution in [2.75, 3.05) is 11.9 Å². The number of thiophene rings is 1. The van der Waals surface area contributed by atoms with Crippen LogP contribution >= 0.6 is 11.3 Å². The molecule has 0 bridgehead atoms. The number of aromatic amines is 1. The summed E-state index contributed by atoms with van der Waals surface area (Å²) in [4.78, 5) is 32.1. The molecule has 4 rings (SSSR count). The standard InChI is InChI=1S/C20H15FN4O2S/c21-13-4-1-3-12(9-13)19-24-15-7-6-14(10-16(15)25-19)23-18(26)11-22-20(27)17-5-2-8-28-17/h1-10H,11H2,(H,22,27)(H,23,26)(H,24,25). The highest BCUT2D eigenvalue weighted by Crippen LogP contribution is 2.23. The van der Waals surface area contributed by atoms with Crippen LogP contribution in [0.2, 0.25) is 0 Å². The second kappa shape index (κ2) is 7.61. The number of carbonyl (C=O) groups is 2. The van der Waals surface area contributed by atoms with Gasteiger partial charge >= 0.3 is 0 Å². The van der Waals surface area contributed by atoms with Crippen molar-refractivity contribution >= 4 is 39.9 Å². The quantitative estimate of drug-likeness (QED) is 0.481. The third kappa shape index (κ3) is 3.91. The smallest absolute Gasteiger partial charge is 0.261 e. The zero-order valence-electron chi connectivity index (χ0n) is 14.5. The lowest BCUT2D eigenvalue weighted by Gasteiger charge is -2.06. The number of anilines is 1. The maximum Gasteiger partial charge on any atom is 0.261 e. The van der Waals surface area contributed by atoms with Gasteiger partial charge in [0.2, 0.25) is 5.91 Å². The molecule has 2 aromatic carbocycles. The lowest BCUT2D eigenvalue weighted by atomic mass is 10.2. The van der Waals surface area contributed by atoms with Crippen LogP contribution in [-0.2, 0) is 4.79 Å². The SMILES string of the molecule is O=C(CNC(=O)c1cccs1)Nc1ccc2nc(-c3cccc(F)c3)[nH]c2c1. The maximum atomic E-state index is 13.4. The number of hydrogen-bond donors (Lipinski definition) is 3. The van der Waals surface area contributed by atoms with Crippen LogP contribution in [0.5, 0.6) is 0 Å². The van der Waals surface area contributed by atoms with Crippen LogP contribution in [0.1, 0.15) is 9.67 Å². The van der Waals surface area contributed by atoms with E-state index in [4.69, 9.17) is 0 Å². The molecule has 4 aromatic rings. The summed E-state index contributed by atoms with van der Waals surface area (Å²) in [5.41, 5.74) is 2.61. The number of fused-ring (bicyclic) bond motifs is 1. The minimum Gasteiger partial charge on any atom is -0.342 e. The van der Waals surface area contributed by atoms with Gasteiger partial charge in [0, 0.05) is 11.3 Å². The number of amides is 2. The molecule has 8 heteroatoms. The molecule has 0 aliphatic rings. The van der Waals surface area contributed by atoms with Crippen LogP contribution < -0.4 is 10.6 Å². The molecule has 2 aromatic heterocycles. The van der Waals surface area contributed by atoms with Crippen LogP contribution in [0, 0.1) is 5.82 Å². The molecule has 0 saturated carbocycles. The number of benzene rings is 2. The average Bonchev–Trinajstić information content (AvgIpc) is 3.35. The molecule has 6 nitrogen and oxygen atoms in total. The Labute approximate surface area is 163 Å². The van der Waals surface area contributed by atoms with Crippen molar-refractivity contribution in [2.45, 2.75) is 0 Å². The molecule has 0 aliphatic carbocycles. The second-order valence-corrected chi connectivity index (χ2v) is 6.98. The molecular weight excluding hydrogens is 379 g/mol. The van der Waals surface area contributed by atoms with Gasteiger partial charge in [-0.3, -0.25) is 9.59 Å². The van der Waals surface area contributed by atoms with Crippen LogP contribution in [0.15, 0.2) is 60.0 Å². The summed E-state index contributed by atoms with van der Waals surface area (Å²) in [7, 11) is 0. The minimum absolute atomic E-state index is 0.133. The van der Waals surface area contributed by atoms with Crippen LogP contribution in [0.3, 0.4) is 0 Å². The molecule has 2 amide bonds. The Morgan fingerprint density at radius 1 is 1.11 bits per heavy atom. The van der Waals surface area contributed by atoms with E-state index in [2.05, 4.69) is 20.6 Å². The zero-order chi connectivity index (χ0) is 19.5. The van der Waals surface area contributed by atoms with E-state index in [-0.39, 0.29) is 24.2 Å². The summed E-state index contributed by atoms with van der Waals surface area (Å²) in [5.74, 6) is -0.417. The van der Waals surface area contributed by atoms with Crippen molar-refractivity contribution in [1.29, 1.82) is 0 Å². The summed E-state index contributed by atoms with van der Waals surface area (Å²) < 4.78 is 13.4. The largest absolute Gasteiger partial charge is 0.342 e. The van der Waals surface area contributed by atoms with Gasteiger partial charge in [-0.05, 0) is 41.8 Å². The Bertz CT molecular complexity index is 1150. The van der Waals surface area contributed by atoms with E-state index in [1.54, 1.807) is 47.8 Å². The third-order valence-corrected chi connectivity index (χ3v) is 4.89. The fourth-order valence-corrected chi connectivity index (χ4v) is 3.36. The summed E-state index contributed by atoms with van der Waals surface area (Å²) in [6, 6.07) is 14.8. The molecule has 28 heavy (non-hydrogen) atoms. The van der Waals surface area contributed by atoms with Gasteiger partial charge in [-0.1, -0.05) is 18.2 Å². The Morgan fingerprint density at radius 3 is 2.79 bits per heavy atom. The van der Waals surface area contributed by atoms with E-state index in [9.17, 15) is 14.0 Å². The minimum atomic E-state index is -0.339. The molecule has 0 unspecified atom stereocenters. The highest BCUT2D eigenvalue weighted by Gasteiger charge is 2.10. The lowest BCUT2D eigenvalue weighted by molar-refractivity contribution is -0.115. The first-order valence-electron chi connectivity index (χ1n) is 8.46. The Kier molecular flexibility index (Phi) is 4.86. The van der Waals surface area contributed by atoms with Crippen LogP contribution in [0.4, 0.5) is 10.1 Å². The highest BCUT2D eigenvalue weighted by molar-refractivity contribution is 7.12. The van der Waals surface area contributed by atoms with Gasteiger partial charge in [0.1, 0.15) is 11.6 Å². The molecule has 0 aliphatic heterocycles. The van der Waals surface area contributed by atoms with Gasteiger partial charge < -0.3 is 15.6 Å². The number of H-pyrrole nitrogens is 1. The van der Waals surface area contributed by atoms with Gasteiger partial charge in [0.15, 0.2) is 0 Å². The van der Waals surface area contributed by atoms with E-state index in [1.807, 2.05) is 0 Å². The number of imidazole rings is 1. The summed E-state index contributed by atoms with van der Waals surface area (Å²) in [6.45, 7) is -0.133. The van der Waals surface area contributed by atoms with Gasteiger partial charge in [0.25, 0.3) is 5.91 Å². The van der Waals surface area contributed by atoms with Crippen LogP contribution in [-0.4, -0.2) is 28.3 Å². The first-order valence-corrected chi connectivity index (χ1v) is 9.34. The summed E-state index contributed by atoms with van der Waals surface area (Å²) >= 11 is 1.31. The Morgan fingerprint density at radius 2 is 2.00 bits per heavy atom. The number of carbonyl (C=O) groups excluding carboxylic acids is 2. The highest BCUT2D eigenvalue weighted by atomic mass is 32.1. The van der Waals surface area contributed by atoms with Gasteiger partial charge in [-0.2, -0.15) is 0 Å². The van der Waals surface area contributed by atoms with E-state index in [0.29, 0.717) is 33.0 Å². The summed E-state index contributed by atoms with van der Waals surface area (Å²) in [6.07, 6.45) is 0. The number of nitrogens with zero attached hydrogens (tertiary/aromatic N) is 1. The van der Waals surface area contributed by atoms with Crippen LogP contribution in [0.25, 0.3) is 22.4 Å². The Balaban J connectivity index is 1.44.